The maximum absolute atomic E-state index is 11.2. The van der Waals surface area contributed by atoms with E-state index in [9.17, 15) is 14.4 Å². The van der Waals surface area contributed by atoms with Crippen LogP contribution in [0.25, 0.3) is 0 Å². The van der Waals surface area contributed by atoms with E-state index >= 15 is 0 Å². The van der Waals surface area contributed by atoms with Gasteiger partial charge >= 0.3 is 18.2 Å². The van der Waals surface area contributed by atoms with Crippen LogP contribution in [0.15, 0.2) is 12.7 Å². The van der Waals surface area contributed by atoms with E-state index in [0.29, 0.717) is 19.3 Å². The zero-order valence-electron chi connectivity index (χ0n) is 11.4. The third-order valence-corrected chi connectivity index (χ3v) is 2.32. The Labute approximate surface area is 117 Å². The van der Waals surface area contributed by atoms with E-state index in [2.05, 4.69) is 11.3 Å². The highest BCUT2D eigenvalue weighted by atomic mass is 16.7. The molecule has 1 atom stereocenters. The fourth-order valence-electron chi connectivity index (χ4n) is 1.49. The molecule has 0 aliphatic rings. The first kappa shape index (κ1) is 17.8. The van der Waals surface area contributed by atoms with E-state index in [4.69, 9.17) is 20.9 Å². The van der Waals surface area contributed by atoms with Gasteiger partial charge in [0.1, 0.15) is 0 Å². The molecule has 0 heterocycles. The smallest absolute Gasteiger partial charge is 0.407 e. The van der Waals surface area contributed by atoms with Gasteiger partial charge in [0.05, 0.1) is 6.61 Å². The number of hydrogen-bond donors (Lipinski definition) is 2. The second-order valence-electron chi connectivity index (χ2n) is 4.16. The molecule has 114 valence electrons. The van der Waals surface area contributed by atoms with Crippen LogP contribution >= 0.6 is 0 Å². The Morgan fingerprint density at radius 3 is 2.25 bits per heavy atom. The predicted octanol–water partition coefficient (Wildman–Crippen LogP) is 1.18. The van der Waals surface area contributed by atoms with Crippen LogP contribution in [-0.4, -0.2) is 30.5 Å². The SMILES string of the molecule is C=CC(=O)OC(C)(CCCCCOC(N)=O)OC(N)=O. The van der Waals surface area contributed by atoms with Crippen molar-refractivity contribution in [3.8, 4) is 0 Å². The average molecular weight is 288 g/mol. The van der Waals surface area contributed by atoms with Gasteiger partial charge in [-0.2, -0.15) is 0 Å². The lowest BCUT2D eigenvalue weighted by molar-refractivity contribution is -0.197. The fourth-order valence-corrected chi connectivity index (χ4v) is 1.49. The Morgan fingerprint density at radius 2 is 1.75 bits per heavy atom. The van der Waals surface area contributed by atoms with Crippen LogP contribution in [-0.2, 0) is 19.0 Å². The van der Waals surface area contributed by atoms with Crippen LogP contribution in [0.2, 0.25) is 0 Å². The quantitative estimate of drug-likeness (QED) is 0.283. The van der Waals surface area contributed by atoms with Crippen molar-refractivity contribution >= 4 is 18.2 Å². The lowest BCUT2D eigenvalue weighted by Gasteiger charge is -2.27. The van der Waals surface area contributed by atoms with Crippen molar-refractivity contribution in [3.05, 3.63) is 12.7 Å². The number of unbranched alkanes of at least 4 members (excludes halogenated alkanes) is 2. The maximum atomic E-state index is 11.2. The van der Waals surface area contributed by atoms with E-state index in [-0.39, 0.29) is 13.0 Å². The number of rotatable bonds is 9. The molecule has 4 N–H and O–H groups in total. The lowest BCUT2D eigenvalue weighted by Crippen LogP contribution is -2.38. The van der Waals surface area contributed by atoms with Crippen molar-refractivity contribution in [2.24, 2.45) is 11.5 Å². The highest BCUT2D eigenvalue weighted by molar-refractivity contribution is 5.81. The number of primary amides is 2. The molecule has 0 aliphatic carbocycles. The number of nitrogens with two attached hydrogens (primary N) is 2. The fraction of sp³-hybridized carbons (Fsp3) is 0.583. The van der Waals surface area contributed by atoms with Gasteiger partial charge < -0.3 is 25.7 Å². The summed E-state index contributed by atoms with van der Waals surface area (Å²) in [6, 6.07) is 0. The zero-order chi connectivity index (χ0) is 15.6. The summed E-state index contributed by atoms with van der Waals surface area (Å²) >= 11 is 0. The van der Waals surface area contributed by atoms with Gasteiger partial charge in [-0.15, -0.1) is 0 Å². The van der Waals surface area contributed by atoms with Crippen molar-refractivity contribution in [2.45, 2.75) is 38.4 Å². The minimum absolute atomic E-state index is 0.204. The third kappa shape index (κ3) is 8.78. The molecule has 0 bridgehead atoms. The first-order valence-electron chi connectivity index (χ1n) is 6.05. The third-order valence-electron chi connectivity index (χ3n) is 2.32. The van der Waals surface area contributed by atoms with E-state index in [1.54, 1.807) is 0 Å². The van der Waals surface area contributed by atoms with Gasteiger partial charge in [0.2, 0.25) is 0 Å². The standard InChI is InChI=1S/C12H20N2O6/c1-3-9(15)19-12(2,20-11(14)17)7-5-4-6-8-18-10(13)16/h3H,1,4-8H2,2H3,(H2,13,16)(H2,14,17). The molecule has 0 aromatic carbocycles. The molecule has 8 nitrogen and oxygen atoms in total. The van der Waals surface area contributed by atoms with Crippen molar-refractivity contribution in [1.82, 2.24) is 0 Å². The predicted molar refractivity (Wildman–Crippen MR) is 69.4 cm³/mol. The number of ether oxygens (including phenoxy) is 3. The van der Waals surface area contributed by atoms with Crippen LogP contribution in [0.4, 0.5) is 9.59 Å². The van der Waals surface area contributed by atoms with Crippen LogP contribution in [0, 0.1) is 0 Å². The Hall–Kier alpha value is -2.25. The second-order valence-corrected chi connectivity index (χ2v) is 4.16. The highest BCUT2D eigenvalue weighted by Gasteiger charge is 2.31. The van der Waals surface area contributed by atoms with Crippen molar-refractivity contribution in [3.63, 3.8) is 0 Å². The van der Waals surface area contributed by atoms with Gasteiger partial charge in [0.15, 0.2) is 0 Å². The molecular formula is C12H20N2O6. The number of carbonyl (C=O) groups is 3. The Bertz CT molecular complexity index is 371. The molecule has 0 fully saturated rings. The summed E-state index contributed by atoms with van der Waals surface area (Å²) in [5.41, 5.74) is 9.73. The van der Waals surface area contributed by atoms with Crippen molar-refractivity contribution < 1.29 is 28.6 Å². The van der Waals surface area contributed by atoms with E-state index in [0.717, 1.165) is 6.08 Å². The molecule has 2 amide bonds. The number of hydrogen-bond acceptors (Lipinski definition) is 6. The number of esters is 1. The van der Waals surface area contributed by atoms with E-state index < -0.39 is 23.9 Å². The molecule has 0 aromatic heterocycles. The van der Waals surface area contributed by atoms with Crippen molar-refractivity contribution in [2.75, 3.05) is 6.61 Å². The van der Waals surface area contributed by atoms with Crippen LogP contribution in [0.5, 0.6) is 0 Å². The first-order valence-corrected chi connectivity index (χ1v) is 6.05. The van der Waals surface area contributed by atoms with E-state index in [1.165, 1.54) is 6.92 Å². The Morgan fingerprint density at radius 1 is 1.10 bits per heavy atom. The highest BCUT2D eigenvalue weighted by Crippen LogP contribution is 2.21. The molecule has 0 aromatic rings. The molecule has 0 spiro atoms. The average Bonchev–Trinajstić information content (AvgIpc) is 2.31. The lowest BCUT2D eigenvalue weighted by atomic mass is 10.1. The molecule has 0 saturated carbocycles. The summed E-state index contributed by atoms with van der Waals surface area (Å²) in [4.78, 5) is 32.3. The minimum Gasteiger partial charge on any atom is -0.450 e. The van der Waals surface area contributed by atoms with Crippen LogP contribution in [0.1, 0.15) is 32.6 Å². The number of amides is 2. The monoisotopic (exact) mass is 288 g/mol. The van der Waals surface area contributed by atoms with Gasteiger partial charge in [-0.05, 0) is 19.3 Å². The summed E-state index contributed by atoms with van der Waals surface area (Å²) < 4.78 is 14.3. The molecule has 1 unspecified atom stereocenters. The summed E-state index contributed by atoms with van der Waals surface area (Å²) in [7, 11) is 0. The van der Waals surface area contributed by atoms with Gasteiger partial charge in [-0.3, -0.25) is 0 Å². The van der Waals surface area contributed by atoms with Crippen LogP contribution in [0.3, 0.4) is 0 Å². The summed E-state index contributed by atoms with van der Waals surface area (Å²) in [6.45, 7) is 4.89. The normalized spacial score (nSPS) is 12.8. The van der Waals surface area contributed by atoms with E-state index in [1.807, 2.05) is 0 Å². The largest absolute Gasteiger partial charge is 0.450 e. The second kappa shape index (κ2) is 8.78. The molecule has 0 rings (SSSR count). The minimum atomic E-state index is -1.44. The molecule has 0 radical (unpaired) electrons. The maximum Gasteiger partial charge on any atom is 0.407 e. The Kier molecular flexibility index (Phi) is 7.80. The first-order chi connectivity index (χ1) is 9.29. The van der Waals surface area contributed by atoms with Crippen LogP contribution < -0.4 is 11.5 Å². The number of carbonyl (C=O) groups excluding carboxylic acids is 3. The molecular weight excluding hydrogens is 268 g/mol. The van der Waals surface area contributed by atoms with Gasteiger partial charge in [-0.25, -0.2) is 14.4 Å². The molecule has 8 heteroatoms. The summed E-state index contributed by atoms with van der Waals surface area (Å²) in [6.07, 6.45) is 1.17. The molecule has 0 saturated heterocycles. The topological polar surface area (TPSA) is 131 Å². The van der Waals surface area contributed by atoms with Gasteiger partial charge in [0.25, 0.3) is 5.79 Å². The summed E-state index contributed by atoms with van der Waals surface area (Å²) in [5.74, 6) is -2.16. The molecule has 20 heavy (non-hydrogen) atoms. The summed E-state index contributed by atoms with van der Waals surface area (Å²) in [5, 5.41) is 0. The molecule has 0 aliphatic heterocycles. The van der Waals surface area contributed by atoms with Gasteiger partial charge in [0, 0.05) is 19.4 Å². The zero-order valence-corrected chi connectivity index (χ0v) is 11.4. The van der Waals surface area contributed by atoms with Crippen molar-refractivity contribution in [1.29, 1.82) is 0 Å². The Balaban J connectivity index is 4.16. The van der Waals surface area contributed by atoms with Gasteiger partial charge in [-0.1, -0.05) is 6.58 Å².